The number of likely N-dealkylation sites (tertiary alicyclic amines) is 1. The Hall–Kier alpha value is -1.47. The molecule has 1 aromatic carbocycles. The zero-order valence-corrected chi connectivity index (χ0v) is 21.5. The normalized spacial score (nSPS) is 23.8. The van der Waals surface area contributed by atoms with Crippen molar-refractivity contribution in [3.8, 4) is 0 Å². The Morgan fingerprint density at radius 3 is 2.66 bits per heavy atom. The number of nitrogens with zero attached hydrogens (tertiary/aromatic N) is 2. The van der Waals surface area contributed by atoms with Crippen molar-refractivity contribution >= 4 is 28.8 Å². The first-order valence-electron chi connectivity index (χ1n) is 11.3. The first kappa shape index (κ1) is 25.2. The number of carbonyl (C=O) groups excluding carboxylic acids is 1. The molecule has 3 rings (SSSR count). The molecular formula is C25H35ClN2O3S. The van der Waals surface area contributed by atoms with Gasteiger partial charge in [0.1, 0.15) is 10.7 Å². The number of rotatable bonds is 7. The lowest BCUT2D eigenvalue weighted by Gasteiger charge is -2.38. The van der Waals surface area contributed by atoms with Crippen LogP contribution in [0.25, 0.3) is 0 Å². The van der Waals surface area contributed by atoms with Gasteiger partial charge >= 0.3 is 0 Å². The molecule has 1 saturated heterocycles. The number of aromatic nitrogens is 1. The van der Waals surface area contributed by atoms with Gasteiger partial charge in [0.15, 0.2) is 0 Å². The van der Waals surface area contributed by atoms with Gasteiger partial charge < -0.3 is 14.7 Å². The second kappa shape index (κ2) is 9.80. The highest BCUT2D eigenvalue weighted by Gasteiger charge is 2.54. The quantitative estimate of drug-likeness (QED) is 0.524. The molecule has 0 radical (unpaired) electrons. The molecule has 1 amide bonds. The summed E-state index contributed by atoms with van der Waals surface area (Å²) in [5.74, 6) is -0.0576. The topological polar surface area (TPSA) is 62.7 Å². The van der Waals surface area contributed by atoms with Crippen molar-refractivity contribution in [1.82, 2.24) is 9.88 Å². The summed E-state index contributed by atoms with van der Waals surface area (Å²) < 4.78 is 5.76. The standard InChI is InChI=1S/C25H35ClN2O3S/c1-7-31-15-18-14-25(30,13-16(2)3)28(21(18)22-27-10-11-32-22)23(29)17-8-9-19(20(26)12-17)24(4,5)6/h8-12,16,18,21,30H,7,13-15H2,1-6H3/t18-,21-,25-/m1/s1. The highest BCUT2D eigenvalue weighted by molar-refractivity contribution is 7.09. The van der Waals surface area contributed by atoms with Gasteiger partial charge in [-0.2, -0.15) is 0 Å². The van der Waals surface area contributed by atoms with Gasteiger partial charge in [0.05, 0.1) is 12.6 Å². The highest BCUT2D eigenvalue weighted by Crippen LogP contribution is 2.49. The molecule has 1 aromatic heterocycles. The van der Waals surface area contributed by atoms with E-state index in [1.807, 2.05) is 24.4 Å². The van der Waals surface area contributed by atoms with Crippen LogP contribution < -0.4 is 0 Å². The van der Waals surface area contributed by atoms with E-state index in [2.05, 4.69) is 39.6 Å². The van der Waals surface area contributed by atoms with Gasteiger partial charge in [0.2, 0.25) is 0 Å². The van der Waals surface area contributed by atoms with Crippen LogP contribution in [0, 0.1) is 11.8 Å². The molecule has 1 N–H and O–H groups in total. The summed E-state index contributed by atoms with van der Waals surface area (Å²) in [5, 5.41) is 15.1. The molecule has 3 atom stereocenters. The van der Waals surface area contributed by atoms with E-state index in [1.54, 1.807) is 17.2 Å². The van der Waals surface area contributed by atoms with Crippen LogP contribution in [0.3, 0.4) is 0 Å². The van der Waals surface area contributed by atoms with Crippen LogP contribution in [0.5, 0.6) is 0 Å². The molecule has 0 saturated carbocycles. The molecule has 7 heteroatoms. The Morgan fingerprint density at radius 2 is 2.12 bits per heavy atom. The van der Waals surface area contributed by atoms with Gasteiger partial charge in [-0.05, 0) is 42.4 Å². The van der Waals surface area contributed by atoms with E-state index < -0.39 is 5.72 Å². The van der Waals surface area contributed by atoms with E-state index in [0.717, 1.165) is 10.6 Å². The van der Waals surface area contributed by atoms with Crippen LogP contribution in [-0.4, -0.2) is 39.8 Å². The number of ether oxygens (including phenoxy) is 1. The lowest BCUT2D eigenvalue weighted by Crippen LogP contribution is -2.49. The first-order chi connectivity index (χ1) is 15.0. The summed E-state index contributed by atoms with van der Waals surface area (Å²) in [6, 6.07) is 5.12. The molecule has 0 aliphatic carbocycles. The number of thiazole rings is 1. The third-order valence-corrected chi connectivity index (χ3v) is 7.14. The molecule has 1 fully saturated rings. The molecule has 2 aromatic rings. The van der Waals surface area contributed by atoms with E-state index in [-0.39, 0.29) is 29.2 Å². The molecule has 0 unspecified atom stereocenters. The van der Waals surface area contributed by atoms with Crippen LogP contribution in [0.2, 0.25) is 5.02 Å². The zero-order chi connectivity index (χ0) is 23.7. The Bertz CT molecular complexity index is 926. The van der Waals surface area contributed by atoms with Crippen molar-refractivity contribution in [3.05, 3.63) is 50.9 Å². The van der Waals surface area contributed by atoms with Crippen molar-refractivity contribution < 1.29 is 14.6 Å². The van der Waals surface area contributed by atoms with Crippen molar-refractivity contribution in [2.24, 2.45) is 11.8 Å². The Kier molecular flexibility index (Phi) is 7.70. The van der Waals surface area contributed by atoms with Crippen LogP contribution in [0.15, 0.2) is 29.8 Å². The zero-order valence-electron chi connectivity index (χ0n) is 19.9. The number of hydrogen-bond donors (Lipinski definition) is 1. The van der Waals surface area contributed by atoms with Crippen LogP contribution in [0.1, 0.15) is 81.4 Å². The van der Waals surface area contributed by atoms with Crippen LogP contribution in [0.4, 0.5) is 0 Å². The third-order valence-electron chi connectivity index (χ3n) is 5.98. The Balaban J connectivity index is 2.07. The molecule has 0 spiro atoms. The summed E-state index contributed by atoms with van der Waals surface area (Å²) >= 11 is 8.09. The minimum Gasteiger partial charge on any atom is -0.381 e. The van der Waals surface area contributed by atoms with Crippen LogP contribution in [-0.2, 0) is 10.2 Å². The molecule has 5 nitrogen and oxygen atoms in total. The van der Waals surface area contributed by atoms with Gasteiger partial charge in [0, 0.05) is 41.1 Å². The average molecular weight is 479 g/mol. The second-order valence-corrected chi connectivity index (χ2v) is 11.5. The van der Waals surface area contributed by atoms with Crippen molar-refractivity contribution in [2.75, 3.05) is 13.2 Å². The minimum absolute atomic E-state index is 0.0434. The fourth-order valence-corrected chi connectivity index (χ4v) is 6.04. The predicted molar refractivity (Wildman–Crippen MR) is 130 cm³/mol. The average Bonchev–Trinajstić information content (AvgIpc) is 3.30. The first-order valence-corrected chi connectivity index (χ1v) is 12.6. The van der Waals surface area contributed by atoms with Crippen LogP contribution >= 0.6 is 22.9 Å². The van der Waals surface area contributed by atoms with Gasteiger partial charge in [-0.25, -0.2) is 4.98 Å². The van der Waals surface area contributed by atoms with Gasteiger partial charge in [-0.1, -0.05) is 52.3 Å². The summed E-state index contributed by atoms with van der Waals surface area (Å²) in [5.41, 5.74) is 0.0546. The maximum atomic E-state index is 13.9. The monoisotopic (exact) mass is 478 g/mol. The Labute approximate surface area is 200 Å². The molecule has 1 aliphatic heterocycles. The largest absolute Gasteiger partial charge is 0.381 e. The molecule has 1 aliphatic rings. The highest BCUT2D eigenvalue weighted by atomic mass is 35.5. The van der Waals surface area contributed by atoms with Gasteiger partial charge in [-0.3, -0.25) is 4.79 Å². The van der Waals surface area contributed by atoms with E-state index >= 15 is 0 Å². The maximum absolute atomic E-state index is 13.9. The van der Waals surface area contributed by atoms with E-state index in [1.165, 1.54) is 11.3 Å². The van der Waals surface area contributed by atoms with Gasteiger partial charge in [-0.15, -0.1) is 11.3 Å². The van der Waals surface area contributed by atoms with E-state index in [9.17, 15) is 9.90 Å². The predicted octanol–water partition coefficient (Wildman–Crippen LogP) is 6.07. The molecule has 176 valence electrons. The lowest BCUT2D eigenvalue weighted by atomic mass is 9.86. The van der Waals surface area contributed by atoms with Crippen molar-refractivity contribution in [2.45, 2.75) is 71.6 Å². The van der Waals surface area contributed by atoms with E-state index in [0.29, 0.717) is 36.6 Å². The minimum atomic E-state index is -1.28. The van der Waals surface area contributed by atoms with Crippen molar-refractivity contribution in [3.63, 3.8) is 0 Å². The SMILES string of the molecule is CCOC[C@H]1C[C@](O)(CC(C)C)N(C(=O)c2ccc(C(C)(C)C)c(Cl)c2)[C@H]1c1nccs1. The number of amides is 1. The molecule has 32 heavy (non-hydrogen) atoms. The summed E-state index contributed by atoms with van der Waals surface area (Å²) in [6.45, 7) is 13.4. The maximum Gasteiger partial charge on any atom is 0.256 e. The smallest absolute Gasteiger partial charge is 0.256 e. The number of aliphatic hydroxyl groups is 1. The third kappa shape index (κ3) is 5.19. The lowest BCUT2D eigenvalue weighted by molar-refractivity contribution is -0.0869. The summed E-state index contributed by atoms with van der Waals surface area (Å²) in [4.78, 5) is 20.1. The molecule has 0 bridgehead atoms. The number of halogens is 1. The summed E-state index contributed by atoms with van der Waals surface area (Å²) in [6.07, 6.45) is 2.68. The molecular weight excluding hydrogens is 444 g/mol. The number of hydrogen-bond acceptors (Lipinski definition) is 5. The van der Waals surface area contributed by atoms with Crippen molar-refractivity contribution in [1.29, 1.82) is 0 Å². The Morgan fingerprint density at radius 1 is 1.41 bits per heavy atom. The summed E-state index contributed by atoms with van der Waals surface area (Å²) in [7, 11) is 0. The fourth-order valence-electron chi connectivity index (χ4n) is 4.76. The fraction of sp³-hybridized carbons (Fsp3) is 0.600. The molecule has 2 heterocycles. The second-order valence-electron chi connectivity index (χ2n) is 10.1. The number of benzene rings is 1. The van der Waals surface area contributed by atoms with E-state index in [4.69, 9.17) is 16.3 Å². The van der Waals surface area contributed by atoms with Gasteiger partial charge in [0.25, 0.3) is 5.91 Å². The number of carbonyl (C=O) groups is 1.